The lowest BCUT2D eigenvalue weighted by atomic mass is 10.1. The Labute approximate surface area is 110 Å². The van der Waals surface area contributed by atoms with E-state index in [9.17, 15) is 4.79 Å². The first kappa shape index (κ1) is 11.5. The van der Waals surface area contributed by atoms with Gasteiger partial charge in [0.05, 0.1) is 23.0 Å². The molecule has 4 nitrogen and oxygen atoms in total. The Bertz CT molecular complexity index is 741. The first-order valence-electron chi connectivity index (χ1n) is 5.95. The van der Waals surface area contributed by atoms with Gasteiger partial charge in [0.25, 0.3) is 5.91 Å². The van der Waals surface area contributed by atoms with E-state index in [1.807, 2.05) is 30.3 Å². The van der Waals surface area contributed by atoms with Crippen molar-refractivity contribution in [2.45, 2.75) is 6.92 Å². The maximum Gasteiger partial charge on any atom is 0.259 e. The molecule has 2 heterocycles. The second-order valence-electron chi connectivity index (χ2n) is 4.22. The lowest BCUT2D eigenvalue weighted by Gasteiger charge is -2.07. The van der Waals surface area contributed by atoms with Gasteiger partial charge in [0.2, 0.25) is 0 Å². The van der Waals surface area contributed by atoms with Gasteiger partial charge in [0.1, 0.15) is 5.76 Å². The highest BCUT2D eigenvalue weighted by Gasteiger charge is 2.12. The summed E-state index contributed by atoms with van der Waals surface area (Å²) in [5.74, 6) is 0.429. The first-order valence-corrected chi connectivity index (χ1v) is 5.95. The van der Waals surface area contributed by atoms with E-state index in [0.717, 1.165) is 16.6 Å². The second kappa shape index (κ2) is 4.57. The topological polar surface area (TPSA) is 55.1 Å². The summed E-state index contributed by atoms with van der Waals surface area (Å²) in [6.07, 6.45) is 3.24. The number of hydrogen-bond donors (Lipinski definition) is 1. The molecular formula is C15H12N2O2. The minimum absolute atomic E-state index is 0.178. The molecule has 3 aromatic rings. The zero-order valence-electron chi connectivity index (χ0n) is 10.4. The molecular weight excluding hydrogens is 240 g/mol. The number of nitrogens with zero attached hydrogens (tertiary/aromatic N) is 1. The van der Waals surface area contributed by atoms with Crippen LogP contribution in [0.2, 0.25) is 0 Å². The molecule has 19 heavy (non-hydrogen) atoms. The number of aryl methyl sites for hydroxylation is 1. The van der Waals surface area contributed by atoms with Crippen LogP contribution in [0, 0.1) is 6.92 Å². The Hall–Kier alpha value is -2.62. The number of carbonyl (C=O) groups is 1. The number of hydrogen-bond acceptors (Lipinski definition) is 3. The van der Waals surface area contributed by atoms with Crippen molar-refractivity contribution < 1.29 is 9.21 Å². The third-order valence-corrected chi connectivity index (χ3v) is 3.00. The van der Waals surface area contributed by atoms with Crippen LogP contribution in [0.15, 0.2) is 53.3 Å². The maximum absolute atomic E-state index is 12.1. The Morgan fingerprint density at radius 3 is 2.89 bits per heavy atom. The minimum Gasteiger partial charge on any atom is -0.469 e. The van der Waals surface area contributed by atoms with Crippen LogP contribution in [-0.4, -0.2) is 10.9 Å². The lowest BCUT2D eigenvalue weighted by Crippen LogP contribution is -2.12. The van der Waals surface area contributed by atoms with Gasteiger partial charge in [-0.3, -0.25) is 9.78 Å². The molecule has 1 amide bonds. The van der Waals surface area contributed by atoms with E-state index in [2.05, 4.69) is 10.3 Å². The molecule has 0 atom stereocenters. The summed E-state index contributed by atoms with van der Waals surface area (Å²) >= 11 is 0. The van der Waals surface area contributed by atoms with E-state index >= 15 is 0 Å². The average molecular weight is 252 g/mol. The van der Waals surface area contributed by atoms with E-state index in [1.165, 1.54) is 6.26 Å². The number of anilines is 1. The molecule has 1 N–H and O–H groups in total. The number of fused-ring (bicyclic) bond motifs is 1. The lowest BCUT2D eigenvalue weighted by molar-refractivity contribution is 0.102. The van der Waals surface area contributed by atoms with E-state index in [-0.39, 0.29) is 5.91 Å². The molecule has 0 spiro atoms. The third kappa shape index (κ3) is 2.08. The molecule has 0 fully saturated rings. The summed E-state index contributed by atoms with van der Waals surface area (Å²) in [7, 11) is 0. The zero-order chi connectivity index (χ0) is 13.2. The summed E-state index contributed by atoms with van der Waals surface area (Å²) in [5, 5.41) is 3.81. The molecule has 0 aliphatic heterocycles. The number of amides is 1. The van der Waals surface area contributed by atoms with Gasteiger partial charge in [-0.25, -0.2) is 0 Å². The van der Waals surface area contributed by atoms with Crippen molar-refractivity contribution in [2.75, 3.05) is 5.32 Å². The number of furan rings is 1. The molecule has 0 saturated carbocycles. The maximum atomic E-state index is 12.1. The largest absolute Gasteiger partial charge is 0.469 e. The highest BCUT2D eigenvalue weighted by Crippen LogP contribution is 2.22. The molecule has 1 aromatic carbocycles. The smallest absolute Gasteiger partial charge is 0.259 e. The standard InChI is InChI=1S/C15H12N2O2/c1-10-11(7-9-19-10)15(18)17-14-6-2-5-13-12(14)4-3-8-16-13/h2-9H,1H3,(H,17,18). The molecule has 0 aliphatic rings. The zero-order valence-corrected chi connectivity index (χ0v) is 10.4. The molecule has 2 aromatic heterocycles. The second-order valence-corrected chi connectivity index (χ2v) is 4.22. The fraction of sp³-hybridized carbons (Fsp3) is 0.0667. The molecule has 3 rings (SSSR count). The van der Waals surface area contributed by atoms with Gasteiger partial charge < -0.3 is 9.73 Å². The fourth-order valence-electron chi connectivity index (χ4n) is 2.02. The van der Waals surface area contributed by atoms with Crippen molar-refractivity contribution in [3.05, 3.63) is 60.2 Å². The number of pyridine rings is 1. The van der Waals surface area contributed by atoms with E-state index in [1.54, 1.807) is 19.2 Å². The normalized spacial score (nSPS) is 10.6. The van der Waals surface area contributed by atoms with E-state index in [4.69, 9.17) is 4.42 Å². The predicted octanol–water partition coefficient (Wildman–Crippen LogP) is 3.39. The van der Waals surface area contributed by atoms with Crippen molar-refractivity contribution in [1.82, 2.24) is 4.98 Å². The van der Waals surface area contributed by atoms with Crippen molar-refractivity contribution in [3.63, 3.8) is 0 Å². The highest BCUT2D eigenvalue weighted by molar-refractivity contribution is 6.09. The number of carbonyl (C=O) groups excluding carboxylic acids is 1. The summed E-state index contributed by atoms with van der Waals surface area (Å²) in [6, 6.07) is 11.1. The predicted molar refractivity (Wildman–Crippen MR) is 73.1 cm³/mol. The number of nitrogens with one attached hydrogen (secondary N) is 1. The quantitative estimate of drug-likeness (QED) is 0.760. The molecule has 0 radical (unpaired) electrons. The van der Waals surface area contributed by atoms with Crippen LogP contribution < -0.4 is 5.32 Å². The van der Waals surface area contributed by atoms with Crippen LogP contribution in [0.4, 0.5) is 5.69 Å². The molecule has 0 aliphatic carbocycles. The van der Waals surface area contributed by atoms with Crippen molar-refractivity contribution >= 4 is 22.5 Å². The summed E-state index contributed by atoms with van der Waals surface area (Å²) in [5.41, 5.74) is 2.14. The Morgan fingerprint density at radius 1 is 1.21 bits per heavy atom. The molecule has 94 valence electrons. The van der Waals surface area contributed by atoms with Gasteiger partial charge in [-0.2, -0.15) is 0 Å². The summed E-state index contributed by atoms with van der Waals surface area (Å²) in [4.78, 5) is 16.4. The highest BCUT2D eigenvalue weighted by atomic mass is 16.3. The Kier molecular flexibility index (Phi) is 2.76. The Morgan fingerprint density at radius 2 is 2.11 bits per heavy atom. The van der Waals surface area contributed by atoms with Gasteiger partial charge in [-0.1, -0.05) is 6.07 Å². The van der Waals surface area contributed by atoms with E-state index in [0.29, 0.717) is 11.3 Å². The molecule has 0 saturated heterocycles. The van der Waals surface area contributed by atoms with Crippen molar-refractivity contribution in [3.8, 4) is 0 Å². The van der Waals surface area contributed by atoms with E-state index < -0.39 is 0 Å². The first-order chi connectivity index (χ1) is 9.25. The van der Waals surface area contributed by atoms with Crippen LogP contribution in [0.1, 0.15) is 16.1 Å². The monoisotopic (exact) mass is 252 g/mol. The van der Waals surface area contributed by atoms with Crippen LogP contribution in [-0.2, 0) is 0 Å². The third-order valence-electron chi connectivity index (χ3n) is 3.00. The van der Waals surface area contributed by atoms with Gasteiger partial charge >= 0.3 is 0 Å². The van der Waals surface area contributed by atoms with Crippen LogP contribution in [0.25, 0.3) is 10.9 Å². The van der Waals surface area contributed by atoms with Gasteiger partial charge in [0.15, 0.2) is 0 Å². The Balaban J connectivity index is 1.98. The van der Waals surface area contributed by atoms with Gasteiger partial charge in [0, 0.05) is 11.6 Å². The number of aromatic nitrogens is 1. The fourth-order valence-corrected chi connectivity index (χ4v) is 2.02. The summed E-state index contributed by atoms with van der Waals surface area (Å²) < 4.78 is 5.14. The number of rotatable bonds is 2. The molecule has 0 bridgehead atoms. The van der Waals surface area contributed by atoms with Crippen molar-refractivity contribution in [1.29, 1.82) is 0 Å². The molecule has 0 unspecified atom stereocenters. The van der Waals surface area contributed by atoms with Gasteiger partial charge in [-0.05, 0) is 37.3 Å². The number of benzene rings is 1. The van der Waals surface area contributed by atoms with Crippen LogP contribution in [0.5, 0.6) is 0 Å². The molecule has 4 heteroatoms. The van der Waals surface area contributed by atoms with Crippen molar-refractivity contribution in [2.24, 2.45) is 0 Å². The minimum atomic E-state index is -0.178. The van der Waals surface area contributed by atoms with Crippen LogP contribution in [0.3, 0.4) is 0 Å². The summed E-state index contributed by atoms with van der Waals surface area (Å²) in [6.45, 7) is 1.76. The average Bonchev–Trinajstić information content (AvgIpc) is 2.85. The van der Waals surface area contributed by atoms with Gasteiger partial charge in [-0.15, -0.1) is 0 Å². The van der Waals surface area contributed by atoms with Crippen LogP contribution >= 0.6 is 0 Å². The SMILES string of the molecule is Cc1occc1C(=O)Nc1cccc2ncccc12.